The molecule has 41 valence electrons. The second-order valence-electron chi connectivity index (χ2n) is 1.10. The summed E-state index contributed by atoms with van der Waals surface area (Å²) in [6, 6.07) is 0. The lowest BCUT2D eigenvalue weighted by molar-refractivity contribution is 0.551. The Kier molecular flexibility index (Phi) is 4.57. The average Bonchev–Trinajstić information content (AvgIpc) is 1.68. The fraction of sp³-hybridized carbons (Fsp3) is 0.750. The van der Waals surface area contributed by atoms with E-state index in [4.69, 9.17) is 23.2 Å². The number of carbonyl (C=O) groups excluding carboxylic acids is 1. The van der Waals surface area contributed by atoms with Crippen molar-refractivity contribution >= 4 is 29.5 Å². The SMILES string of the molecule is O=[C]CC(Cl)CCl. The molecule has 0 aliphatic carbocycles. The first-order valence-electron chi connectivity index (χ1n) is 1.86. The lowest BCUT2D eigenvalue weighted by atomic mass is 10.4. The molecule has 1 nitrogen and oxygen atoms in total. The summed E-state index contributed by atoms with van der Waals surface area (Å²) in [5, 5.41) is -0.237. The van der Waals surface area contributed by atoms with Crippen LogP contribution in [0.15, 0.2) is 0 Å². The maximum absolute atomic E-state index is 9.51. The molecule has 0 aromatic rings. The van der Waals surface area contributed by atoms with Gasteiger partial charge < -0.3 is 0 Å². The van der Waals surface area contributed by atoms with Gasteiger partial charge in [-0.2, -0.15) is 0 Å². The molecular weight excluding hydrogens is 135 g/mol. The number of halogens is 2. The lowest BCUT2D eigenvalue weighted by Gasteiger charge is -1.92. The molecule has 0 aromatic carbocycles. The Morgan fingerprint density at radius 3 is 2.43 bits per heavy atom. The van der Waals surface area contributed by atoms with Gasteiger partial charge in [-0.15, -0.1) is 23.2 Å². The molecule has 3 heteroatoms. The highest BCUT2D eigenvalue weighted by atomic mass is 35.5. The molecule has 0 amide bonds. The van der Waals surface area contributed by atoms with E-state index in [0.717, 1.165) is 0 Å². The fourth-order valence-electron chi connectivity index (χ4n) is 0.145. The van der Waals surface area contributed by atoms with Crippen molar-refractivity contribution in [2.24, 2.45) is 0 Å². The van der Waals surface area contributed by atoms with Gasteiger partial charge in [0.05, 0.1) is 5.38 Å². The Morgan fingerprint density at radius 1 is 1.71 bits per heavy atom. The summed E-state index contributed by atoms with van der Waals surface area (Å²) in [6.45, 7) is 0. The molecule has 7 heavy (non-hydrogen) atoms. The predicted molar refractivity (Wildman–Crippen MR) is 30.7 cm³/mol. The summed E-state index contributed by atoms with van der Waals surface area (Å²) in [7, 11) is 0. The van der Waals surface area contributed by atoms with Gasteiger partial charge in [0.2, 0.25) is 0 Å². The van der Waals surface area contributed by atoms with Crippen LogP contribution in [0.2, 0.25) is 0 Å². The average molecular weight is 140 g/mol. The van der Waals surface area contributed by atoms with E-state index in [1.54, 1.807) is 6.29 Å². The van der Waals surface area contributed by atoms with Crippen molar-refractivity contribution in [3.05, 3.63) is 0 Å². The standard InChI is InChI=1S/C4H5Cl2O/c5-3-4(6)1-2-7/h4H,1,3H2. The molecule has 0 aliphatic heterocycles. The minimum Gasteiger partial charge on any atom is -0.291 e. The molecule has 0 bridgehead atoms. The summed E-state index contributed by atoms with van der Waals surface area (Å²) in [6.07, 6.45) is 1.88. The van der Waals surface area contributed by atoms with Crippen LogP contribution in [0.3, 0.4) is 0 Å². The third kappa shape index (κ3) is 4.10. The molecule has 0 heterocycles. The molecule has 1 radical (unpaired) electrons. The summed E-state index contributed by atoms with van der Waals surface area (Å²) in [4.78, 5) is 9.51. The molecular formula is C4H5Cl2O. The molecule has 0 rings (SSSR count). The summed E-state index contributed by atoms with van der Waals surface area (Å²) >= 11 is 10.6. The van der Waals surface area contributed by atoms with Gasteiger partial charge in [-0.25, -0.2) is 0 Å². The zero-order valence-corrected chi connectivity index (χ0v) is 5.17. The van der Waals surface area contributed by atoms with Gasteiger partial charge in [0.25, 0.3) is 0 Å². The zero-order chi connectivity index (χ0) is 5.70. The van der Waals surface area contributed by atoms with Crippen LogP contribution in [-0.2, 0) is 4.79 Å². The van der Waals surface area contributed by atoms with Crippen LogP contribution in [0.4, 0.5) is 0 Å². The van der Waals surface area contributed by atoms with E-state index in [1.807, 2.05) is 0 Å². The first-order chi connectivity index (χ1) is 3.31. The maximum Gasteiger partial charge on any atom is 0.199 e. The largest absolute Gasteiger partial charge is 0.291 e. The van der Waals surface area contributed by atoms with Gasteiger partial charge in [-0.05, 0) is 0 Å². The highest BCUT2D eigenvalue weighted by Crippen LogP contribution is 2.00. The molecule has 0 fully saturated rings. The van der Waals surface area contributed by atoms with Crippen molar-refractivity contribution in [1.82, 2.24) is 0 Å². The van der Waals surface area contributed by atoms with Crippen molar-refractivity contribution in [3.63, 3.8) is 0 Å². The van der Waals surface area contributed by atoms with Crippen molar-refractivity contribution in [3.8, 4) is 0 Å². The predicted octanol–water partition coefficient (Wildman–Crippen LogP) is 1.33. The molecule has 0 saturated carbocycles. The van der Waals surface area contributed by atoms with Crippen LogP contribution in [0.5, 0.6) is 0 Å². The van der Waals surface area contributed by atoms with Gasteiger partial charge in [0.1, 0.15) is 0 Å². The van der Waals surface area contributed by atoms with E-state index < -0.39 is 0 Å². The van der Waals surface area contributed by atoms with E-state index in [-0.39, 0.29) is 11.8 Å². The number of alkyl halides is 2. The van der Waals surface area contributed by atoms with Crippen molar-refractivity contribution in [2.45, 2.75) is 11.8 Å². The van der Waals surface area contributed by atoms with Crippen LogP contribution in [0, 0.1) is 0 Å². The molecule has 1 atom stereocenters. The molecule has 0 aliphatic rings. The minimum absolute atomic E-state index is 0.227. The number of hydrogen-bond acceptors (Lipinski definition) is 1. The third-order valence-corrected chi connectivity index (χ3v) is 1.31. The van der Waals surface area contributed by atoms with E-state index in [2.05, 4.69) is 0 Å². The van der Waals surface area contributed by atoms with Crippen molar-refractivity contribution < 1.29 is 4.79 Å². The van der Waals surface area contributed by atoms with Crippen LogP contribution in [0.1, 0.15) is 6.42 Å². The molecule has 0 spiro atoms. The molecule has 1 unspecified atom stereocenters. The van der Waals surface area contributed by atoms with Crippen LogP contribution >= 0.6 is 23.2 Å². The normalized spacial score (nSPS) is 13.4. The van der Waals surface area contributed by atoms with Crippen molar-refractivity contribution in [1.29, 1.82) is 0 Å². The van der Waals surface area contributed by atoms with E-state index in [1.165, 1.54) is 0 Å². The van der Waals surface area contributed by atoms with E-state index in [0.29, 0.717) is 5.88 Å². The smallest absolute Gasteiger partial charge is 0.199 e. The highest BCUT2D eigenvalue weighted by molar-refractivity contribution is 6.28. The zero-order valence-electron chi connectivity index (χ0n) is 3.66. The minimum atomic E-state index is -0.237. The van der Waals surface area contributed by atoms with Crippen LogP contribution in [-0.4, -0.2) is 17.5 Å². The Labute approximate surface area is 52.6 Å². The molecule has 0 aromatic heterocycles. The third-order valence-electron chi connectivity index (χ3n) is 0.472. The molecule has 0 saturated heterocycles. The van der Waals surface area contributed by atoms with Crippen LogP contribution < -0.4 is 0 Å². The van der Waals surface area contributed by atoms with Gasteiger partial charge in [-0.1, -0.05) is 0 Å². The van der Waals surface area contributed by atoms with Crippen LogP contribution in [0.25, 0.3) is 0 Å². The fourth-order valence-corrected chi connectivity index (χ4v) is 0.317. The van der Waals surface area contributed by atoms with Gasteiger partial charge >= 0.3 is 0 Å². The Bertz CT molecular complexity index is 55.7. The lowest BCUT2D eigenvalue weighted by Crippen LogP contribution is -1.98. The second-order valence-corrected chi connectivity index (χ2v) is 2.03. The summed E-state index contributed by atoms with van der Waals surface area (Å²) in [5.74, 6) is 0.316. The van der Waals surface area contributed by atoms with Gasteiger partial charge in [-0.3, -0.25) is 4.79 Å². The summed E-state index contributed by atoms with van der Waals surface area (Å²) in [5.41, 5.74) is 0. The monoisotopic (exact) mass is 139 g/mol. The Morgan fingerprint density at radius 2 is 2.29 bits per heavy atom. The second kappa shape index (κ2) is 4.41. The Hall–Kier alpha value is 0.250. The van der Waals surface area contributed by atoms with E-state index in [9.17, 15) is 4.79 Å². The number of hydrogen-bond donors (Lipinski definition) is 0. The number of rotatable bonds is 3. The first kappa shape index (κ1) is 7.25. The molecule has 0 N–H and O–H groups in total. The highest BCUT2D eigenvalue weighted by Gasteiger charge is 1.98. The summed E-state index contributed by atoms with van der Waals surface area (Å²) < 4.78 is 0. The first-order valence-corrected chi connectivity index (χ1v) is 2.83. The van der Waals surface area contributed by atoms with Gasteiger partial charge in [0, 0.05) is 12.3 Å². The van der Waals surface area contributed by atoms with E-state index >= 15 is 0 Å². The maximum atomic E-state index is 9.51. The topological polar surface area (TPSA) is 17.1 Å². The quantitative estimate of drug-likeness (QED) is 0.540. The Balaban J connectivity index is 2.98. The van der Waals surface area contributed by atoms with Crippen molar-refractivity contribution in [2.75, 3.05) is 5.88 Å². The van der Waals surface area contributed by atoms with Gasteiger partial charge in [0.15, 0.2) is 6.29 Å².